The van der Waals surface area contributed by atoms with Gasteiger partial charge < -0.3 is 10.4 Å². The van der Waals surface area contributed by atoms with E-state index in [4.69, 9.17) is 6.42 Å². The molecule has 20 heavy (non-hydrogen) atoms. The SMILES string of the molecule is C#CC(CC)(CC)NC(=O)CNC(C)(CCC)C(=O)O. The lowest BCUT2D eigenvalue weighted by atomic mass is 9.93. The highest BCUT2D eigenvalue weighted by Crippen LogP contribution is 2.14. The molecular formula is C15H26N2O3. The lowest BCUT2D eigenvalue weighted by molar-refractivity contribution is -0.144. The Hall–Kier alpha value is -1.54. The van der Waals surface area contributed by atoms with Crippen LogP contribution in [0.25, 0.3) is 0 Å². The van der Waals surface area contributed by atoms with Gasteiger partial charge in [0.25, 0.3) is 0 Å². The van der Waals surface area contributed by atoms with Gasteiger partial charge in [0.1, 0.15) is 11.1 Å². The van der Waals surface area contributed by atoms with Crippen molar-refractivity contribution >= 4 is 11.9 Å². The molecule has 0 bridgehead atoms. The molecule has 114 valence electrons. The summed E-state index contributed by atoms with van der Waals surface area (Å²) in [6.07, 6.45) is 7.92. The molecule has 0 saturated heterocycles. The van der Waals surface area contributed by atoms with Gasteiger partial charge in [-0.15, -0.1) is 6.42 Å². The van der Waals surface area contributed by atoms with E-state index in [1.807, 2.05) is 20.8 Å². The average Bonchev–Trinajstić information content (AvgIpc) is 2.43. The second-order valence-corrected chi connectivity index (χ2v) is 5.22. The number of hydrogen-bond acceptors (Lipinski definition) is 3. The highest BCUT2D eigenvalue weighted by molar-refractivity contribution is 5.82. The van der Waals surface area contributed by atoms with E-state index < -0.39 is 17.0 Å². The summed E-state index contributed by atoms with van der Waals surface area (Å²) in [6.45, 7) is 7.25. The zero-order chi connectivity index (χ0) is 15.8. The minimum absolute atomic E-state index is 0.0633. The summed E-state index contributed by atoms with van der Waals surface area (Å²) < 4.78 is 0. The molecule has 0 aromatic rings. The quantitative estimate of drug-likeness (QED) is 0.560. The zero-order valence-electron chi connectivity index (χ0n) is 12.9. The third-order valence-electron chi connectivity index (χ3n) is 3.72. The monoisotopic (exact) mass is 282 g/mol. The van der Waals surface area contributed by atoms with Crippen LogP contribution in [0.4, 0.5) is 0 Å². The molecule has 0 radical (unpaired) electrons. The molecule has 0 spiro atoms. The van der Waals surface area contributed by atoms with E-state index in [9.17, 15) is 14.7 Å². The molecule has 5 heteroatoms. The summed E-state index contributed by atoms with van der Waals surface area (Å²) in [6, 6.07) is 0. The molecule has 0 aliphatic carbocycles. The Morgan fingerprint density at radius 3 is 2.15 bits per heavy atom. The lowest BCUT2D eigenvalue weighted by Crippen LogP contribution is -2.55. The van der Waals surface area contributed by atoms with Crippen LogP contribution in [0.5, 0.6) is 0 Å². The van der Waals surface area contributed by atoms with E-state index in [-0.39, 0.29) is 12.5 Å². The lowest BCUT2D eigenvalue weighted by Gasteiger charge is -2.29. The fourth-order valence-electron chi connectivity index (χ4n) is 2.02. The molecule has 0 aliphatic rings. The zero-order valence-corrected chi connectivity index (χ0v) is 12.9. The highest BCUT2D eigenvalue weighted by Gasteiger charge is 2.33. The molecule has 3 N–H and O–H groups in total. The number of nitrogens with one attached hydrogen (secondary N) is 2. The Labute approximate surface area is 121 Å². The van der Waals surface area contributed by atoms with Crippen LogP contribution in [0.15, 0.2) is 0 Å². The predicted octanol–water partition coefficient (Wildman–Crippen LogP) is 1.53. The van der Waals surface area contributed by atoms with Crippen molar-refractivity contribution in [2.24, 2.45) is 0 Å². The molecular weight excluding hydrogens is 256 g/mol. The first kappa shape index (κ1) is 18.5. The summed E-state index contributed by atoms with van der Waals surface area (Å²) in [5.41, 5.74) is -1.74. The summed E-state index contributed by atoms with van der Waals surface area (Å²) in [4.78, 5) is 23.2. The molecule has 0 fully saturated rings. The largest absolute Gasteiger partial charge is 0.480 e. The Morgan fingerprint density at radius 1 is 1.25 bits per heavy atom. The molecule has 0 aromatic carbocycles. The number of carbonyl (C=O) groups excluding carboxylic acids is 1. The van der Waals surface area contributed by atoms with Gasteiger partial charge in [-0.2, -0.15) is 0 Å². The molecule has 0 aromatic heterocycles. The van der Waals surface area contributed by atoms with Gasteiger partial charge in [0.2, 0.25) is 5.91 Å². The van der Waals surface area contributed by atoms with Crippen molar-refractivity contribution in [3.8, 4) is 12.3 Å². The van der Waals surface area contributed by atoms with Crippen LogP contribution in [0, 0.1) is 12.3 Å². The van der Waals surface area contributed by atoms with Crippen molar-refractivity contribution < 1.29 is 14.7 Å². The maximum absolute atomic E-state index is 11.9. The van der Waals surface area contributed by atoms with Crippen molar-refractivity contribution in [3.63, 3.8) is 0 Å². The van der Waals surface area contributed by atoms with Crippen molar-refractivity contribution in [1.29, 1.82) is 0 Å². The Kier molecular flexibility index (Phi) is 7.30. The van der Waals surface area contributed by atoms with Gasteiger partial charge in [0.05, 0.1) is 6.54 Å². The Balaban J connectivity index is 4.63. The average molecular weight is 282 g/mol. The summed E-state index contributed by atoms with van der Waals surface area (Å²) in [5, 5.41) is 14.8. The minimum Gasteiger partial charge on any atom is -0.480 e. The first-order valence-electron chi connectivity index (χ1n) is 7.06. The third-order valence-corrected chi connectivity index (χ3v) is 3.72. The number of carboxylic acid groups (broad SMARTS) is 1. The number of amides is 1. The highest BCUT2D eigenvalue weighted by atomic mass is 16.4. The van der Waals surface area contributed by atoms with Gasteiger partial charge in [-0.25, -0.2) is 0 Å². The van der Waals surface area contributed by atoms with E-state index in [0.29, 0.717) is 19.3 Å². The van der Waals surface area contributed by atoms with Gasteiger partial charge in [-0.05, 0) is 26.2 Å². The summed E-state index contributed by atoms with van der Waals surface area (Å²) >= 11 is 0. The van der Waals surface area contributed by atoms with Gasteiger partial charge in [0.15, 0.2) is 0 Å². The van der Waals surface area contributed by atoms with Crippen LogP contribution in [0.2, 0.25) is 0 Å². The number of carboxylic acids is 1. The van der Waals surface area contributed by atoms with E-state index in [1.165, 1.54) is 0 Å². The second-order valence-electron chi connectivity index (χ2n) is 5.22. The van der Waals surface area contributed by atoms with Crippen LogP contribution in [-0.4, -0.2) is 34.6 Å². The maximum Gasteiger partial charge on any atom is 0.323 e. The summed E-state index contributed by atoms with van der Waals surface area (Å²) in [5.74, 6) is 1.38. The number of terminal acetylenes is 1. The number of carbonyl (C=O) groups is 2. The Bertz CT molecular complexity index is 383. The number of aliphatic carboxylic acids is 1. The maximum atomic E-state index is 11.9. The Morgan fingerprint density at radius 2 is 1.80 bits per heavy atom. The molecule has 1 atom stereocenters. The van der Waals surface area contributed by atoms with Crippen LogP contribution < -0.4 is 10.6 Å². The third kappa shape index (κ3) is 4.86. The minimum atomic E-state index is -1.09. The molecule has 0 rings (SSSR count). The van der Waals surface area contributed by atoms with Gasteiger partial charge in [-0.1, -0.05) is 33.1 Å². The van der Waals surface area contributed by atoms with E-state index >= 15 is 0 Å². The van der Waals surface area contributed by atoms with Crippen molar-refractivity contribution in [3.05, 3.63) is 0 Å². The van der Waals surface area contributed by atoms with Gasteiger partial charge >= 0.3 is 5.97 Å². The first-order valence-corrected chi connectivity index (χ1v) is 7.06. The van der Waals surface area contributed by atoms with E-state index in [1.54, 1.807) is 6.92 Å². The first-order chi connectivity index (χ1) is 9.29. The molecule has 1 amide bonds. The van der Waals surface area contributed by atoms with Gasteiger partial charge in [0, 0.05) is 0 Å². The van der Waals surface area contributed by atoms with Crippen molar-refractivity contribution in [2.45, 2.75) is 64.5 Å². The molecule has 0 heterocycles. The van der Waals surface area contributed by atoms with E-state index in [0.717, 1.165) is 6.42 Å². The van der Waals surface area contributed by atoms with Crippen molar-refractivity contribution in [1.82, 2.24) is 10.6 Å². The molecule has 0 aliphatic heterocycles. The van der Waals surface area contributed by atoms with Crippen LogP contribution in [0.1, 0.15) is 53.4 Å². The second kappa shape index (κ2) is 7.91. The number of hydrogen-bond donors (Lipinski definition) is 3. The molecule has 1 unspecified atom stereocenters. The smallest absolute Gasteiger partial charge is 0.323 e. The fourth-order valence-corrected chi connectivity index (χ4v) is 2.02. The normalized spacial score (nSPS) is 14.2. The standard InChI is InChI=1S/C15H26N2O3/c1-6-10-14(5,13(19)20)16-11-12(18)17-15(7-2,8-3)9-4/h2,16H,6,8-11H2,1,3-5H3,(H,17,18)(H,19,20). The van der Waals surface area contributed by atoms with Crippen LogP contribution in [0.3, 0.4) is 0 Å². The van der Waals surface area contributed by atoms with E-state index in [2.05, 4.69) is 16.6 Å². The van der Waals surface area contributed by atoms with Crippen LogP contribution in [-0.2, 0) is 9.59 Å². The topological polar surface area (TPSA) is 78.4 Å². The van der Waals surface area contributed by atoms with Crippen LogP contribution >= 0.6 is 0 Å². The van der Waals surface area contributed by atoms with Crippen molar-refractivity contribution in [2.75, 3.05) is 6.54 Å². The predicted molar refractivity (Wildman–Crippen MR) is 79.2 cm³/mol. The fraction of sp³-hybridized carbons (Fsp3) is 0.733. The molecule has 0 saturated carbocycles. The molecule has 5 nitrogen and oxygen atoms in total. The van der Waals surface area contributed by atoms with Gasteiger partial charge in [-0.3, -0.25) is 14.9 Å². The number of rotatable bonds is 9. The summed E-state index contributed by atoms with van der Waals surface area (Å²) in [7, 11) is 0.